The Bertz CT molecular complexity index is 1910. The number of hydrogen-bond acceptors (Lipinski definition) is 6. The van der Waals surface area contributed by atoms with Crippen LogP contribution in [0.3, 0.4) is 0 Å². The molecule has 212 valence electrons. The quantitative estimate of drug-likeness (QED) is 0.191. The molecule has 6 rings (SSSR count). The number of amides is 1. The fraction of sp³-hybridized carbons (Fsp3) is 0.188. The van der Waals surface area contributed by atoms with Gasteiger partial charge in [-0.2, -0.15) is 5.10 Å². The maximum Gasteiger partial charge on any atom is 0.224 e. The zero-order valence-corrected chi connectivity index (χ0v) is 23.5. The molecule has 0 saturated heterocycles. The van der Waals surface area contributed by atoms with E-state index in [9.17, 15) is 9.18 Å². The van der Waals surface area contributed by atoms with Gasteiger partial charge < -0.3 is 19.9 Å². The van der Waals surface area contributed by atoms with Crippen molar-refractivity contribution in [1.29, 1.82) is 0 Å². The molecule has 0 bridgehead atoms. The van der Waals surface area contributed by atoms with E-state index in [1.165, 1.54) is 12.1 Å². The van der Waals surface area contributed by atoms with E-state index >= 15 is 0 Å². The molecule has 0 aliphatic heterocycles. The second-order valence-corrected chi connectivity index (χ2v) is 10.3. The Morgan fingerprint density at radius 2 is 1.88 bits per heavy atom. The van der Waals surface area contributed by atoms with E-state index in [0.29, 0.717) is 35.7 Å². The Balaban J connectivity index is 1.36. The highest BCUT2D eigenvalue weighted by Gasteiger charge is 2.16. The number of halogens is 1. The van der Waals surface area contributed by atoms with Gasteiger partial charge in [-0.25, -0.2) is 9.37 Å². The monoisotopic (exact) mass is 563 g/mol. The first-order valence-corrected chi connectivity index (χ1v) is 13.7. The fourth-order valence-electron chi connectivity index (χ4n) is 4.87. The summed E-state index contributed by atoms with van der Waals surface area (Å²) in [5.41, 5.74) is 7.01. The highest BCUT2D eigenvalue weighted by Crippen LogP contribution is 2.36. The molecule has 0 aliphatic rings. The number of pyridine rings is 2. The van der Waals surface area contributed by atoms with Gasteiger partial charge >= 0.3 is 0 Å². The summed E-state index contributed by atoms with van der Waals surface area (Å²) in [5.74, 6) is 0.0394. The van der Waals surface area contributed by atoms with Crippen molar-refractivity contribution < 1.29 is 13.9 Å². The molecule has 4 aromatic heterocycles. The van der Waals surface area contributed by atoms with Crippen molar-refractivity contribution in [1.82, 2.24) is 30.0 Å². The molecule has 0 radical (unpaired) electrons. The van der Waals surface area contributed by atoms with Gasteiger partial charge in [0.2, 0.25) is 5.91 Å². The van der Waals surface area contributed by atoms with Gasteiger partial charge in [-0.05, 0) is 73.3 Å². The molecular weight excluding hydrogens is 533 g/mol. The molecule has 0 spiro atoms. The van der Waals surface area contributed by atoms with Crippen molar-refractivity contribution in [2.24, 2.45) is 0 Å². The van der Waals surface area contributed by atoms with Crippen molar-refractivity contribution in [3.63, 3.8) is 0 Å². The first-order valence-electron chi connectivity index (χ1n) is 13.7. The smallest absolute Gasteiger partial charge is 0.224 e. The molecule has 0 unspecified atom stereocenters. The van der Waals surface area contributed by atoms with Crippen molar-refractivity contribution in [3.8, 4) is 39.4 Å². The molecule has 3 N–H and O–H groups in total. The van der Waals surface area contributed by atoms with Gasteiger partial charge in [-0.3, -0.25) is 14.9 Å². The summed E-state index contributed by atoms with van der Waals surface area (Å²) in [4.78, 5) is 26.1. The summed E-state index contributed by atoms with van der Waals surface area (Å²) >= 11 is 0. The molecule has 0 aliphatic carbocycles. The molecule has 10 heteroatoms. The lowest BCUT2D eigenvalue weighted by Gasteiger charge is -2.12. The van der Waals surface area contributed by atoms with Crippen LogP contribution in [0.25, 0.3) is 55.6 Å². The molecular formula is C32H30FN7O2. The number of anilines is 1. The second-order valence-electron chi connectivity index (χ2n) is 10.3. The third-order valence-electron chi connectivity index (χ3n) is 7.02. The second kappa shape index (κ2) is 11.4. The Hall–Kier alpha value is -5.09. The highest BCUT2D eigenvalue weighted by atomic mass is 19.1. The zero-order chi connectivity index (χ0) is 29.2. The molecule has 0 fully saturated rings. The Labute approximate surface area is 241 Å². The zero-order valence-electron chi connectivity index (χ0n) is 23.5. The van der Waals surface area contributed by atoms with Gasteiger partial charge in [0.15, 0.2) is 0 Å². The minimum atomic E-state index is -0.369. The van der Waals surface area contributed by atoms with Crippen LogP contribution in [0.1, 0.15) is 13.3 Å². The van der Waals surface area contributed by atoms with Gasteiger partial charge in [0.1, 0.15) is 29.5 Å². The van der Waals surface area contributed by atoms with Gasteiger partial charge in [0, 0.05) is 47.8 Å². The number of aromatic nitrogens is 5. The number of hydrogen-bond donors (Lipinski definition) is 3. The number of benzene rings is 2. The van der Waals surface area contributed by atoms with Crippen LogP contribution in [0.15, 0.2) is 73.2 Å². The number of rotatable bonds is 9. The van der Waals surface area contributed by atoms with Gasteiger partial charge in [-0.1, -0.05) is 13.0 Å². The lowest BCUT2D eigenvalue weighted by Crippen LogP contribution is -2.19. The van der Waals surface area contributed by atoms with E-state index in [-0.39, 0.29) is 11.7 Å². The Kier molecular flexibility index (Phi) is 7.37. The summed E-state index contributed by atoms with van der Waals surface area (Å²) in [6.45, 7) is 2.99. The van der Waals surface area contributed by atoms with E-state index in [1.54, 1.807) is 25.5 Å². The van der Waals surface area contributed by atoms with Crippen LogP contribution >= 0.6 is 0 Å². The number of ether oxygens (including phenoxy) is 1. The molecule has 4 heterocycles. The average Bonchev–Trinajstić information content (AvgIpc) is 3.60. The summed E-state index contributed by atoms with van der Waals surface area (Å²) in [6.07, 6.45) is 5.48. The predicted octanol–water partition coefficient (Wildman–Crippen LogP) is 6.26. The Morgan fingerprint density at radius 1 is 1.00 bits per heavy atom. The minimum Gasteiger partial charge on any atom is -0.492 e. The number of fused-ring (bicyclic) bond motifs is 2. The van der Waals surface area contributed by atoms with Crippen LogP contribution in [-0.4, -0.2) is 63.2 Å². The first-order chi connectivity index (χ1) is 20.4. The third-order valence-corrected chi connectivity index (χ3v) is 7.02. The molecule has 0 saturated carbocycles. The van der Waals surface area contributed by atoms with E-state index in [4.69, 9.17) is 4.74 Å². The van der Waals surface area contributed by atoms with Gasteiger partial charge in [0.25, 0.3) is 0 Å². The molecule has 1 amide bonds. The number of nitrogens with one attached hydrogen (secondary N) is 3. The topological polar surface area (TPSA) is 112 Å². The third kappa shape index (κ3) is 5.57. The number of H-pyrrole nitrogens is 2. The maximum absolute atomic E-state index is 14.6. The molecule has 6 aromatic rings. The molecule has 0 atom stereocenters. The normalized spacial score (nSPS) is 11.5. The van der Waals surface area contributed by atoms with E-state index < -0.39 is 0 Å². The van der Waals surface area contributed by atoms with E-state index in [2.05, 4.69) is 30.5 Å². The van der Waals surface area contributed by atoms with Crippen LogP contribution in [0, 0.1) is 5.82 Å². The fourth-order valence-corrected chi connectivity index (χ4v) is 4.87. The van der Waals surface area contributed by atoms with Gasteiger partial charge in [0.05, 0.1) is 23.1 Å². The number of aromatic amines is 2. The summed E-state index contributed by atoms with van der Waals surface area (Å²) in [6, 6.07) is 16.5. The molecule has 42 heavy (non-hydrogen) atoms. The van der Waals surface area contributed by atoms with Crippen LogP contribution < -0.4 is 10.1 Å². The van der Waals surface area contributed by atoms with Gasteiger partial charge in [-0.15, -0.1) is 0 Å². The highest BCUT2D eigenvalue weighted by molar-refractivity contribution is 6.01. The largest absolute Gasteiger partial charge is 0.492 e. The number of likely N-dealkylation sites (N-methyl/N-ethyl adjacent to an activating group) is 1. The molecule has 2 aromatic carbocycles. The summed E-state index contributed by atoms with van der Waals surface area (Å²) < 4.78 is 20.5. The SMILES string of the molecule is CCC(=O)Nc1cncc(-c2ccc3[nH]nc(-c4cc5c(-c6cc(F)cc(OCCN(C)C)c6)ccnc5[nH]4)c3c2)c1. The number of carbonyl (C=O) groups is 1. The summed E-state index contributed by atoms with van der Waals surface area (Å²) in [5, 5.41) is 12.3. The molecule has 9 nitrogen and oxygen atoms in total. The van der Waals surface area contributed by atoms with Crippen molar-refractivity contribution >= 4 is 33.5 Å². The van der Waals surface area contributed by atoms with Crippen molar-refractivity contribution in [2.75, 3.05) is 32.6 Å². The van der Waals surface area contributed by atoms with E-state index in [0.717, 1.165) is 50.9 Å². The number of nitrogens with zero attached hydrogens (tertiary/aromatic N) is 4. The van der Waals surface area contributed by atoms with Crippen LogP contribution in [0.5, 0.6) is 5.75 Å². The number of carbonyl (C=O) groups excluding carboxylic acids is 1. The average molecular weight is 564 g/mol. The summed E-state index contributed by atoms with van der Waals surface area (Å²) in [7, 11) is 3.93. The van der Waals surface area contributed by atoms with Crippen LogP contribution in [0.2, 0.25) is 0 Å². The lowest BCUT2D eigenvalue weighted by atomic mass is 10.0. The predicted molar refractivity (Wildman–Crippen MR) is 163 cm³/mol. The standard InChI is InChI=1S/C32H30FN7O2/c1-4-30(41)36-23-12-21(17-34-18-23)19-5-6-28-27(14-19)31(39-38-28)29-16-26-25(7-8-35-32(26)37-29)20-11-22(33)15-24(13-20)42-10-9-40(2)3/h5-8,11-18H,4,9-10H2,1-3H3,(H,35,37)(H,36,41)(H,38,39). The van der Waals surface area contributed by atoms with E-state index in [1.807, 2.05) is 61.5 Å². The van der Waals surface area contributed by atoms with Crippen molar-refractivity contribution in [2.45, 2.75) is 13.3 Å². The van der Waals surface area contributed by atoms with Crippen LogP contribution in [0.4, 0.5) is 10.1 Å². The lowest BCUT2D eigenvalue weighted by molar-refractivity contribution is -0.115. The van der Waals surface area contributed by atoms with Crippen LogP contribution in [-0.2, 0) is 4.79 Å². The van der Waals surface area contributed by atoms with Crippen molar-refractivity contribution in [3.05, 3.63) is 79.0 Å². The Morgan fingerprint density at radius 3 is 2.71 bits per heavy atom. The minimum absolute atomic E-state index is 0.0698. The maximum atomic E-state index is 14.6. The first kappa shape index (κ1) is 27.1.